The molecule has 1 heterocycles. The molecule has 1 aromatic carbocycles. The smallest absolute Gasteiger partial charge is 0.138 e. The van der Waals surface area contributed by atoms with Gasteiger partial charge in [-0.2, -0.15) is 15.8 Å². The summed E-state index contributed by atoms with van der Waals surface area (Å²) < 4.78 is 0. The number of nitrogens with two attached hydrogens (primary N) is 1. The second-order valence-electron chi connectivity index (χ2n) is 4.18. The summed E-state index contributed by atoms with van der Waals surface area (Å²) in [7, 11) is 0. The van der Waals surface area contributed by atoms with E-state index in [1.807, 2.05) is 36.4 Å². The van der Waals surface area contributed by atoms with Gasteiger partial charge in [-0.15, -0.1) is 11.3 Å². The minimum Gasteiger partial charge on any atom is -0.389 e. The second kappa shape index (κ2) is 4.24. The Morgan fingerprint density at radius 3 is 2.30 bits per heavy atom. The van der Waals surface area contributed by atoms with Crippen LogP contribution in [-0.2, 0) is 0 Å². The summed E-state index contributed by atoms with van der Waals surface area (Å²) in [4.78, 5) is 0.735. The molecule has 3 rings (SSSR count). The Morgan fingerprint density at radius 2 is 1.70 bits per heavy atom. The highest BCUT2D eigenvalue weighted by Crippen LogP contribution is 2.52. The first-order valence-corrected chi connectivity index (χ1v) is 6.51. The first-order chi connectivity index (χ1) is 9.72. The van der Waals surface area contributed by atoms with E-state index in [4.69, 9.17) is 16.3 Å². The number of rotatable bonds is 0. The Kier molecular flexibility index (Phi) is 2.54. The van der Waals surface area contributed by atoms with Crippen LogP contribution in [0.25, 0.3) is 16.7 Å². The summed E-state index contributed by atoms with van der Waals surface area (Å²) in [6, 6.07) is 13.4. The lowest BCUT2D eigenvalue weighted by atomic mass is 10.0. The lowest BCUT2D eigenvalue weighted by Gasteiger charge is -2.02. The average molecular weight is 274 g/mol. The Morgan fingerprint density at radius 1 is 1.05 bits per heavy atom. The number of hydrogen-bond acceptors (Lipinski definition) is 5. The number of hydrogen-bond donors (Lipinski definition) is 1. The molecule has 20 heavy (non-hydrogen) atoms. The zero-order chi connectivity index (χ0) is 14.3. The van der Waals surface area contributed by atoms with Crippen LogP contribution >= 0.6 is 11.3 Å². The standard InChI is InChI=1S/C15H6N4S/c16-5-8(6-17)12-9-3-1-2-4-10(9)13-11(7-18)15(19)20-14(12)13/h1-4H,19H2. The van der Waals surface area contributed by atoms with Crippen LogP contribution in [0.4, 0.5) is 5.00 Å². The van der Waals surface area contributed by atoms with Gasteiger partial charge in [0.15, 0.2) is 0 Å². The molecule has 0 saturated carbocycles. The molecule has 0 unspecified atom stereocenters. The highest BCUT2D eigenvalue weighted by molar-refractivity contribution is 7.18. The summed E-state index contributed by atoms with van der Waals surface area (Å²) >= 11 is 1.25. The van der Waals surface area contributed by atoms with E-state index in [-0.39, 0.29) is 5.57 Å². The van der Waals surface area contributed by atoms with Crippen LogP contribution in [-0.4, -0.2) is 0 Å². The van der Waals surface area contributed by atoms with Gasteiger partial charge in [0.2, 0.25) is 0 Å². The molecule has 0 bridgehead atoms. The molecule has 0 atom stereocenters. The molecule has 0 radical (unpaired) electrons. The van der Waals surface area contributed by atoms with Crippen LogP contribution < -0.4 is 5.73 Å². The number of benzene rings is 1. The number of thiophene rings is 1. The van der Waals surface area contributed by atoms with E-state index in [0.717, 1.165) is 21.6 Å². The largest absolute Gasteiger partial charge is 0.389 e. The molecular formula is C15H6N4S. The average Bonchev–Trinajstić information content (AvgIpc) is 2.95. The van der Waals surface area contributed by atoms with Gasteiger partial charge >= 0.3 is 0 Å². The van der Waals surface area contributed by atoms with E-state index >= 15 is 0 Å². The molecule has 0 amide bonds. The van der Waals surface area contributed by atoms with Gasteiger partial charge in [-0.25, -0.2) is 0 Å². The van der Waals surface area contributed by atoms with Gasteiger partial charge in [0, 0.05) is 16.0 Å². The Hall–Kier alpha value is -3.07. The maximum Gasteiger partial charge on any atom is 0.138 e. The monoisotopic (exact) mass is 274 g/mol. The van der Waals surface area contributed by atoms with E-state index in [1.165, 1.54) is 11.3 Å². The minimum atomic E-state index is 0.0435. The van der Waals surface area contributed by atoms with Gasteiger partial charge in [-0.1, -0.05) is 24.3 Å². The highest BCUT2D eigenvalue weighted by atomic mass is 32.1. The second-order valence-corrected chi connectivity index (χ2v) is 5.23. The summed E-state index contributed by atoms with van der Waals surface area (Å²) in [5.74, 6) is 0. The topological polar surface area (TPSA) is 97.4 Å². The number of allylic oxidation sites excluding steroid dienone is 1. The summed E-state index contributed by atoms with van der Waals surface area (Å²) in [5, 5.41) is 28.0. The Bertz CT molecular complexity index is 881. The number of nitrogens with zero attached hydrogens (tertiary/aromatic N) is 3. The zero-order valence-corrected chi connectivity index (χ0v) is 11.0. The molecule has 5 heteroatoms. The fraction of sp³-hybridized carbons (Fsp3) is 0. The van der Waals surface area contributed by atoms with Gasteiger partial charge in [0.1, 0.15) is 28.8 Å². The predicted molar refractivity (Wildman–Crippen MR) is 76.1 cm³/mol. The molecule has 92 valence electrons. The van der Waals surface area contributed by atoms with Crippen molar-refractivity contribution in [3.63, 3.8) is 0 Å². The van der Waals surface area contributed by atoms with Crippen molar-refractivity contribution in [3.8, 4) is 29.3 Å². The van der Waals surface area contributed by atoms with E-state index in [2.05, 4.69) is 6.07 Å². The fourth-order valence-corrected chi connectivity index (χ4v) is 3.52. The lowest BCUT2D eigenvalue weighted by Crippen LogP contribution is -1.87. The molecule has 2 N–H and O–H groups in total. The van der Waals surface area contributed by atoms with E-state index in [9.17, 15) is 5.26 Å². The van der Waals surface area contributed by atoms with Crippen molar-refractivity contribution < 1.29 is 0 Å². The van der Waals surface area contributed by atoms with Gasteiger partial charge in [0.05, 0.1) is 5.56 Å². The van der Waals surface area contributed by atoms with Crippen molar-refractivity contribution in [1.29, 1.82) is 15.8 Å². The van der Waals surface area contributed by atoms with Crippen molar-refractivity contribution in [2.45, 2.75) is 0 Å². The quantitative estimate of drug-likeness (QED) is 0.637. The minimum absolute atomic E-state index is 0.0435. The van der Waals surface area contributed by atoms with Crippen molar-refractivity contribution in [1.82, 2.24) is 0 Å². The predicted octanol–water partition coefficient (Wildman–Crippen LogP) is 3.03. The van der Waals surface area contributed by atoms with Crippen LogP contribution in [0, 0.1) is 34.0 Å². The van der Waals surface area contributed by atoms with Crippen molar-refractivity contribution in [2.24, 2.45) is 0 Å². The summed E-state index contributed by atoms with van der Waals surface area (Å²) in [6.45, 7) is 0. The van der Waals surface area contributed by atoms with Crippen LogP contribution in [0.15, 0.2) is 29.8 Å². The molecule has 2 aromatic rings. The van der Waals surface area contributed by atoms with Crippen molar-refractivity contribution >= 4 is 21.9 Å². The third-order valence-electron chi connectivity index (χ3n) is 3.21. The zero-order valence-electron chi connectivity index (χ0n) is 10.1. The number of nitriles is 3. The maximum absolute atomic E-state index is 9.27. The first kappa shape index (κ1) is 12.0. The number of nitrogen functional groups attached to an aromatic ring is 1. The Balaban J connectivity index is 2.52. The Labute approximate surface area is 119 Å². The third kappa shape index (κ3) is 1.37. The van der Waals surface area contributed by atoms with Crippen molar-refractivity contribution in [3.05, 3.63) is 45.8 Å². The SMILES string of the molecule is N#CC(C#N)=C1c2ccccc2-c2c1sc(N)c2C#N. The van der Waals surface area contributed by atoms with Crippen LogP contribution in [0.2, 0.25) is 0 Å². The van der Waals surface area contributed by atoms with E-state index < -0.39 is 0 Å². The van der Waals surface area contributed by atoms with Gasteiger partial charge in [0.25, 0.3) is 0 Å². The van der Waals surface area contributed by atoms with Crippen LogP contribution in [0.3, 0.4) is 0 Å². The summed E-state index contributed by atoms with van der Waals surface area (Å²) in [5.41, 5.74) is 9.32. The highest BCUT2D eigenvalue weighted by Gasteiger charge is 2.32. The summed E-state index contributed by atoms with van der Waals surface area (Å²) in [6.07, 6.45) is 0. The molecule has 0 aliphatic heterocycles. The molecular weight excluding hydrogens is 268 g/mol. The molecule has 1 aromatic heterocycles. The van der Waals surface area contributed by atoms with Gasteiger partial charge in [-0.05, 0) is 11.1 Å². The van der Waals surface area contributed by atoms with Gasteiger partial charge in [-0.3, -0.25) is 0 Å². The maximum atomic E-state index is 9.27. The number of fused-ring (bicyclic) bond motifs is 3. The molecule has 1 aliphatic rings. The normalized spacial score (nSPS) is 10.9. The van der Waals surface area contributed by atoms with Crippen LogP contribution in [0.1, 0.15) is 16.0 Å². The fourth-order valence-electron chi connectivity index (χ4n) is 2.42. The molecule has 1 aliphatic carbocycles. The molecule has 0 fully saturated rings. The van der Waals surface area contributed by atoms with E-state index in [0.29, 0.717) is 16.1 Å². The van der Waals surface area contributed by atoms with Crippen molar-refractivity contribution in [2.75, 3.05) is 5.73 Å². The molecule has 0 saturated heterocycles. The number of anilines is 1. The molecule has 4 nitrogen and oxygen atoms in total. The third-order valence-corrected chi connectivity index (χ3v) is 4.25. The lowest BCUT2D eigenvalue weighted by molar-refractivity contribution is 1.46. The van der Waals surface area contributed by atoms with E-state index in [1.54, 1.807) is 0 Å². The first-order valence-electron chi connectivity index (χ1n) is 5.70. The van der Waals surface area contributed by atoms with Crippen LogP contribution in [0.5, 0.6) is 0 Å². The molecule has 0 spiro atoms. The van der Waals surface area contributed by atoms with Gasteiger partial charge < -0.3 is 5.73 Å².